The van der Waals surface area contributed by atoms with Crippen LogP contribution in [0.3, 0.4) is 0 Å². The van der Waals surface area contributed by atoms with Gasteiger partial charge in [-0.25, -0.2) is 0 Å². The van der Waals surface area contributed by atoms with E-state index in [0.29, 0.717) is 6.42 Å². The second-order valence-corrected chi connectivity index (χ2v) is 5.75. The van der Waals surface area contributed by atoms with E-state index in [2.05, 4.69) is 40.0 Å². The first kappa shape index (κ1) is 14.2. The lowest BCUT2D eigenvalue weighted by Gasteiger charge is -2.11. The number of rotatable bonds is 5. The van der Waals surface area contributed by atoms with Crippen molar-refractivity contribution >= 4 is 15.9 Å². The molecule has 0 bridgehead atoms. The highest BCUT2D eigenvalue weighted by Crippen LogP contribution is 2.15. The van der Waals surface area contributed by atoms with Gasteiger partial charge < -0.3 is 5.11 Å². The highest BCUT2D eigenvalue weighted by molar-refractivity contribution is 9.10. The van der Waals surface area contributed by atoms with E-state index < -0.39 is 0 Å². The number of aliphatic hydroxyl groups is 1. The number of aromatic nitrogens is 1. The van der Waals surface area contributed by atoms with Crippen molar-refractivity contribution in [1.82, 2.24) is 4.98 Å². The zero-order chi connectivity index (χ0) is 13.7. The van der Waals surface area contributed by atoms with E-state index in [1.165, 1.54) is 11.1 Å². The Morgan fingerprint density at radius 3 is 2.79 bits per heavy atom. The van der Waals surface area contributed by atoms with E-state index >= 15 is 0 Å². The number of aliphatic hydroxyl groups excluding tert-OH is 1. The van der Waals surface area contributed by atoms with Gasteiger partial charge in [0.15, 0.2) is 0 Å². The van der Waals surface area contributed by atoms with E-state index in [9.17, 15) is 5.11 Å². The van der Waals surface area contributed by atoms with Crippen LogP contribution < -0.4 is 0 Å². The molecule has 1 heterocycles. The van der Waals surface area contributed by atoms with Crippen molar-refractivity contribution in [2.75, 3.05) is 0 Å². The van der Waals surface area contributed by atoms with Gasteiger partial charge in [-0.3, -0.25) is 4.98 Å². The SMILES string of the molecule is Cc1ccccc1CCC(O)Cc1cncc(Br)c1. The van der Waals surface area contributed by atoms with Gasteiger partial charge in [0.2, 0.25) is 0 Å². The summed E-state index contributed by atoms with van der Waals surface area (Å²) < 4.78 is 0.955. The lowest BCUT2D eigenvalue weighted by atomic mass is 9.99. The van der Waals surface area contributed by atoms with E-state index in [-0.39, 0.29) is 6.10 Å². The topological polar surface area (TPSA) is 33.1 Å². The first-order valence-electron chi connectivity index (χ1n) is 6.47. The van der Waals surface area contributed by atoms with Gasteiger partial charge in [-0.05, 0) is 64.9 Å². The molecule has 1 aromatic heterocycles. The van der Waals surface area contributed by atoms with Crippen molar-refractivity contribution in [1.29, 1.82) is 0 Å². The molecular weight excluding hydrogens is 302 g/mol. The molecule has 0 saturated carbocycles. The van der Waals surface area contributed by atoms with Crippen LogP contribution in [0.15, 0.2) is 47.2 Å². The van der Waals surface area contributed by atoms with Crippen molar-refractivity contribution in [2.24, 2.45) is 0 Å². The fourth-order valence-corrected chi connectivity index (χ4v) is 2.57. The summed E-state index contributed by atoms with van der Waals surface area (Å²) >= 11 is 3.39. The molecule has 3 heteroatoms. The first-order valence-corrected chi connectivity index (χ1v) is 7.26. The van der Waals surface area contributed by atoms with Gasteiger partial charge in [0, 0.05) is 16.9 Å². The number of benzene rings is 1. The molecule has 0 amide bonds. The molecule has 2 aromatic rings. The Morgan fingerprint density at radius 1 is 1.26 bits per heavy atom. The maximum atomic E-state index is 10.1. The minimum atomic E-state index is -0.323. The summed E-state index contributed by atoms with van der Waals surface area (Å²) in [4.78, 5) is 4.11. The largest absolute Gasteiger partial charge is 0.393 e. The molecule has 1 atom stereocenters. The Hall–Kier alpha value is -1.19. The number of pyridine rings is 1. The Morgan fingerprint density at radius 2 is 2.05 bits per heavy atom. The van der Waals surface area contributed by atoms with Crippen LogP contribution in [0.2, 0.25) is 0 Å². The maximum absolute atomic E-state index is 10.1. The molecule has 100 valence electrons. The number of hydrogen-bond acceptors (Lipinski definition) is 2. The Bertz CT molecular complexity index is 542. The Kier molecular flexibility index (Phi) is 5.11. The summed E-state index contributed by atoms with van der Waals surface area (Å²) in [6.45, 7) is 2.11. The highest BCUT2D eigenvalue weighted by atomic mass is 79.9. The van der Waals surface area contributed by atoms with Crippen molar-refractivity contribution < 1.29 is 5.11 Å². The standard InChI is InChI=1S/C16H18BrNO/c1-12-4-2-3-5-14(12)6-7-16(19)9-13-8-15(17)11-18-10-13/h2-5,8,10-11,16,19H,6-7,9H2,1H3. The normalized spacial score (nSPS) is 12.4. The van der Waals surface area contributed by atoms with Gasteiger partial charge in [0.05, 0.1) is 6.10 Å². The number of hydrogen-bond donors (Lipinski definition) is 1. The van der Waals surface area contributed by atoms with E-state index in [4.69, 9.17) is 0 Å². The third-order valence-electron chi connectivity index (χ3n) is 3.24. The first-order chi connectivity index (χ1) is 9.15. The van der Waals surface area contributed by atoms with E-state index in [1.807, 2.05) is 24.4 Å². The van der Waals surface area contributed by atoms with Crippen LogP contribution >= 0.6 is 15.9 Å². The van der Waals surface area contributed by atoms with Gasteiger partial charge in [0.25, 0.3) is 0 Å². The lowest BCUT2D eigenvalue weighted by molar-refractivity contribution is 0.165. The van der Waals surface area contributed by atoms with Crippen LogP contribution in [0.4, 0.5) is 0 Å². The van der Waals surface area contributed by atoms with E-state index in [0.717, 1.165) is 22.9 Å². The van der Waals surface area contributed by atoms with E-state index in [1.54, 1.807) is 6.20 Å². The highest BCUT2D eigenvalue weighted by Gasteiger charge is 2.07. The van der Waals surface area contributed by atoms with Crippen molar-refractivity contribution in [3.05, 3.63) is 63.9 Å². The average molecular weight is 320 g/mol. The molecule has 0 aliphatic rings. The molecule has 0 spiro atoms. The number of halogens is 1. The van der Waals surface area contributed by atoms with Crippen LogP contribution in [-0.2, 0) is 12.8 Å². The summed E-state index contributed by atoms with van der Waals surface area (Å²) in [6.07, 6.45) is 5.58. The van der Waals surface area contributed by atoms with Crippen molar-refractivity contribution in [2.45, 2.75) is 32.3 Å². The summed E-state index contributed by atoms with van der Waals surface area (Å²) in [6, 6.07) is 10.3. The fraction of sp³-hybridized carbons (Fsp3) is 0.312. The summed E-state index contributed by atoms with van der Waals surface area (Å²) in [5, 5.41) is 10.1. The minimum absolute atomic E-state index is 0.323. The lowest BCUT2D eigenvalue weighted by Crippen LogP contribution is -2.12. The molecule has 0 aliphatic carbocycles. The van der Waals surface area contributed by atoms with Crippen LogP contribution in [0.1, 0.15) is 23.1 Å². The number of nitrogens with zero attached hydrogens (tertiary/aromatic N) is 1. The molecule has 1 N–H and O–H groups in total. The quantitative estimate of drug-likeness (QED) is 0.911. The predicted octanol–water partition coefficient (Wildman–Crippen LogP) is 3.69. The van der Waals surface area contributed by atoms with Gasteiger partial charge in [-0.2, -0.15) is 0 Å². The smallest absolute Gasteiger partial charge is 0.0584 e. The van der Waals surface area contributed by atoms with Gasteiger partial charge in [-0.15, -0.1) is 0 Å². The predicted molar refractivity (Wildman–Crippen MR) is 81.1 cm³/mol. The molecule has 1 aromatic carbocycles. The van der Waals surface area contributed by atoms with Crippen LogP contribution in [0.5, 0.6) is 0 Å². The molecule has 0 saturated heterocycles. The third-order valence-corrected chi connectivity index (χ3v) is 3.67. The minimum Gasteiger partial charge on any atom is -0.393 e. The van der Waals surface area contributed by atoms with Crippen LogP contribution in [-0.4, -0.2) is 16.2 Å². The fourth-order valence-electron chi connectivity index (χ4n) is 2.15. The number of aryl methyl sites for hydroxylation is 2. The van der Waals surface area contributed by atoms with Crippen LogP contribution in [0, 0.1) is 6.92 Å². The van der Waals surface area contributed by atoms with Gasteiger partial charge >= 0.3 is 0 Å². The summed E-state index contributed by atoms with van der Waals surface area (Å²) in [5.41, 5.74) is 3.67. The molecule has 0 radical (unpaired) electrons. The third kappa shape index (κ3) is 4.44. The average Bonchev–Trinajstić information content (AvgIpc) is 2.38. The second-order valence-electron chi connectivity index (χ2n) is 4.83. The van der Waals surface area contributed by atoms with Gasteiger partial charge in [-0.1, -0.05) is 24.3 Å². The summed E-state index contributed by atoms with van der Waals surface area (Å²) in [7, 11) is 0. The maximum Gasteiger partial charge on any atom is 0.0584 e. The Balaban J connectivity index is 1.88. The summed E-state index contributed by atoms with van der Waals surface area (Å²) in [5.74, 6) is 0. The molecule has 2 nitrogen and oxygen atoms in total. The van der Waals surface area contributed by atoms with Crippen molar-refractivity contribution in [3.63, 3.8) is 0 Å². The van der Waals surface area contributed by atoms with Crippen molar-refractivity contribution in [3.8, 4) is 0 Å². The molecular formula is C16H18BrNO. The van der Waals surface area contributed by atoms with Gasteiger partial charge in [0.1, 0.15) is 0 Å². The monoisotopic (exact) mass is 319 g/mol. The molecule has 1 unspecified atom stereocenters. The zero-order valence-electron chi connectivity index (χ0n) is 11.0. The molecule has 0 fully saturated rings. The second kappa shape index (κ2) is 6.83. The molecule has 19 heavy (non-hydrogen) atoms. The molecule has 2 rings (SSSR count). The zero-order valence-corrected chi connectivity index (χ0v) is 12.6. The Labute approximate surface area is 122 Å². The molecule has 0 aliphatic heterocycles. The van der Waals surface area contributed by atoms with Crippen LogP contribution in [0.25, 0.3) is 0 Å².